The number of nitrogens with two attached hydrogens (primary N) is 1. The zero-order chi connectivity index (χ0) is 11.0. The van der Waals surface area contributed by atoms with Crippen molar-refractivity contribution in [1.29, 1.82) is 0 Å². The Morgan fingerprint density at radius 3 is 2.73 bits per heavy atom. The van der Waals surface area contributed by atoms with E-state index in [2.05, 4.69) is 21.0 Å². The molecule has 2 heterocycles. The molecule has 2 N–H and O–H groups in total. The maximum atomic E-state index is 5.85. The minimum atomic E-state index is 0.680. The van der Waals surface area contributed by atoms with E-state index in [1.54, 1.807) is 6.26 Å². The number of hydrogen-bond donors (Lipinski definition) is 1. The highest BCUT2D eigenvalue weighted by Gasteiger charge is 2.09. The lowest BCUT2D eigenvalue weighted by atomic mass is 10.3. The quantitative estimate of drug-likeness (QED) is 0.912. The van der Waals surface area contributed by atoms with Crippen LogP contribution in [0.5, 0.6) is 0 Å². The molecule has 0 saturated carbocycles. The zero-order valence-electron chi connectivity index (χ0n) is 8.62. The molecule has 2 aromatic heterocycles. The van der Waals surface area contributed by atoms with E-state index in [0.717, 1.165) is 27.3 Å². The third-order valence-corrected chi connectivity index (χ3v) is 2.81. The van der Waals surface area contributed by atoms with Crippen molar-refractivity contribution in [2.24, 2.45) is 0 Å². The van der Waals surface area contributed by atoms with Gasteiger partial charge in [0.2, 0.25) is 0 Å². The molecule has 2 rings (SSSR count). The molecule has 0 aliphatic heterocycles. The average Bonchev–Trinajstić information content (AvgIpc) is 2.68. The van der Waals surface area contributed by atoms with Gasteiger partial charge in [0.1, 0.15) is 0 Å². The van der Waals surface area contributed by atoms with Gasteiger partial charge < -0.3 is 10.2 Å². The molecular weight excluding hydrogens is 258 g/mol. The number of nitrogen functional groups attached to an aromatic ring is 1. The molecule has 5 heteroatoms. The maximum absolute atomic E-state index is 5.85. The smallest absolute Gasteiger partial charge is 0.169 e. The predicted octanol–water partition coefficient (Wildman–Crippen LogP) is 2.49. The Balaban J connectivity index is 2.28. The van der Waals surface area contributed by atoms with Gasteiger partial charge >= 0.3 is 0 Å². The van der Waals surface area contributed by atoms with E-state index in [-0.39, 0.29) is 0 Å². The average molecular weight is 270 g/mol. The third kappa shape index (κ3) is 1.92. The van der Waals surface area contributed by atoms with Gasteiger partial charge in [-0.3, -0.25) is 4.68 Å². The van der Waals surface area contributed by atoms with Gasteiger partial charge in [-0.15, -0.1) is 0 Å². The Hall–Kier alpha value is -1.23. The lowest BCUT2D eigenvalue weighted by molar-refractivity contribution is 0.535. The van der Waals surface area contributed by atoms with Crippen molar-refractivity contribution in [3.8, 4) is 0 Å². The zero-order valence-corrected chi connectivity index (χ0v) is 10.2. The molecule has 80 valence electrons. The van der Waals surface area contributed by atoms with E-state index in [4.69, 9.17) is 10.2 Å². The predicted molar refractivity (Wildman–Crippen MR) is 61.6 cm³/mol. The van der Waals surface area contributed by atoms with Crippen molar-refractivity contribution < 1.29 is 4.42 Å². The Morgan fingerprint density at radius 1 is 1.53 bits per heavy atom. The van der Waals surface area contributed by atoms with Gasteiger partial charge in [-0.25, -0.2) is 0 Å². The van der Waals surface area contributed by atoms with Crippen LogP contribution in [0.25, 0.3) is 0 Å². The topological polar surface area (TPSA) is 57.0 Å². The second-order valence-corrected chi connectivity index (χ2v) is 4.28. The van der Waals surface area contributed by atoms with Crippen LogP contribution < -0.4 is 5.73 Å². The molecular formula is C10H12BrN3O. The maximum Gasteiger partial charge on any atom is 0.169 e. The molecule has 0 radical (unpaired) electrons. The Bertz CT molecular complexity index is 487. The monoisotopic (exact) mass is 269 g/mol. The van der Waals surface area contributed by atoms with Crippen molar-refractivity contribution in [3.05, 3.63) is 34.0 Å². The van der Waals surface area contributed by atoms with Gasteiger partial charge in [-0.2, -0.15) is 5.10 Å². The second kappa shape index (κ2) is 3.73. The van der Waals surface area contributed by atoms with E-state index in [0.29, 0.717) is 6.54 Å². The van der Waals surface area contributed by atoms with Gasteiger partial charge in [-0.1, -0.05) is 0 Å². The third-order valence-electron chi connectivity index (χ3n) is 2.39. The summed E-state index contributed by atoms with van der Waals surface area (Å²) in [7, 11) is 0. The van der Waals surface area contributed by atoms with Crippen LogP contribution in [0.1, 0.15) is 17.0 Å². The van der Waals surface area contributed by atoms with Crippen molar-refractivity contribution in [2.75, 3.05) is 5.73 Å². The Labute approximate surface area is 96.2 Å². The summed E-state index contributed by atoms with van der Waals surface area (Å²) in [4.78, 5) is 0. The van der Waals surface area contributed by atoms with Crippen molar-refractivity contribution in [2.45, 2.75) is 20.4 Å². The van der Waals surface area contributed by atoms with Gasteiger partial charge in [0.25, 0.3) is 0 Å². The van der Waals surface area contributed by atoms with Crippen LogP contribution >= 0.6 is 15.9 Å². The number of anilines is 1. The minimum absolute atomic E-state index is 0.680. The fourth-order valence-corrected chi connectivity index (χ4v) is 1.85. The highest BCUT2D eigenvalue weighted by atomic mass is 79.9. The summed E-state index contributed by atoms with van der Waals surface area (Å²) in [6, 6.07) is 1.92. The van der Waals surface area contributed by atoms with Crippen LogP contribution in [0.3, 0.4) is 0 Å². The second-order valence-electron chi connectivity index (χ2n) is 3.50. The Kier molecular flexibility index (Phi) is 2.56. The number of aryl methyl sites for hydroxylation is 1. The standard InChI is InChI=1S/C10H12BrN3O/c1-6-10(12)7(2)14(13-6)4-8-3-9(11)15-5-8/h3,5H,4,12H2,1-2H3. The number of rotatable bonds is 2. The lowest BCUT2D eigenvalue weighted by Crippen LogP contribution is -2.03. The Morgan fingerprint density at radius 2 is 2.27 bits per heavy atom. The highest BCUT2D eigenvalue weighted by Crippen LogP contribution is 2.19. The molecule has 0 saturated heterocycles. The molecule has 15 heavy (non-hydrogen) atoms. The first-order valence-electron chi connectivity index (χ1n) is 4.60. The van der Waals surface area contributed by atoms with Crippen LogP contribution in [0.4, 0.5) is 5.69 Å². The van der Waals surface area contributed by atoms with Crippen molar-refractivity contribution >= 4 is 21.6 Å². The molecule has 0 aliphatic rings. The summed E-state index contributed by atoms with van der Waals surface area (Å²) in [5, 5.41) is 4.35. The molecule has 0 bridgehead atoms. The van der Waals surface area contributed by atoms with Crippen molar-refractivity contribution in [1.82, 2.24) is 9.78 Å². The fraction of sp³-hybridized carbons (Fsp3) is 0.300. The van der Waals surface area contributed by atoms with E-state index in [9.17, 15) is 0 Å². The summed E-state index contributed by atoms with van der Waals surface area (Å²) < 4.78 is 7.76. The number of hydrogen-bond acceptors (Lipinski definition) is 3. The molecule has 4 nitrogen and oxygen atoms in total. The number of furan rings is 1. The van der Waals surface area contributed by atoms with Crippen molar-refractivity contribution in [3.63, 3.8) is 0 Å². The molecule has 0 atom stereocenters. The van der Waals surface area contributed by atoms with Gasteiger partial charge in [0.05, 0.1) is 29.9 Å². The summed E-state index contributed by atoms with van der Waals surface area (Å²) >= 11 is 3.26. The van der Waals surface area contributed by atoms with Crippen LogP contribution in [0.2, 0.25) is 0 Å². The summed E-state index contributed by atoms with van der Waals surface area (Å²) in [5.74, 6) is 0. The molecule has 0 fully saturated rings. The van der Waals surface area contributed by atoms with Crippen LogP contribution in [0.15, 0.2) is 21.4 Å². The molecule has 0 aromatic carbocycles. The van der Waals surface area contributed by atoms with Crippen LogP contribution in [-0.4, -0.2) is 9.78 Å². The molecule has 0 amide bonds. The minimum Gasteiger partial charge on any atom is -0.457 e. The number of halogens is 1. The normalized spacial score (nSPS) is 10.9. The first-order valence-corrected chi connectivity index (χ1v) is 5.39. The first-order chi connectivity index (χ1) is 7.08. The first kappa shape index (κ1) is 10.3. The van der Waals surface area contributed by atoms with E-state index < -0.39 is 0 Å². The largest absolute Gasteiger partial charge is 0.457 e. The molecule has 0 aliphatic carbocycles. The number of nitrogens with zero attached hydrogens (tertiary/aromatic N) is 2. The van der Waals surface area contributed by atoms with E-state index >= 15 is 0 Å². The van der Waals surface area contributed by atoms with Gasteiger partial charge in [-0.05, 0) is 35.8 Å². The van der Waals surface area contributed by atoms with Crippen LogP contribution in [-0.2, 0) is 6.54 Å². The summed E-state index contributed by atoms with van der Waals surface area (Å²) in [5.41, 5.74) is 9.53. The van der Waals surface area contributed by atoms with Gasteiger partial charge in [0.15, 0.2) is 4.67 Å². The molecule has 0 unspecified atom stereocenters. The SMILES string of the molecule is Cc1nn(Cc2coc(Br)c2)c(C)c1N. The van der Waals surface area contributed by atoms with Crippen LogP contribution in [0, 0.1) is 13.8 Å². The summed E-state index contributed by atoms with van der Waals surface area (Å²) in [6.07, 6.45) is 1.71. The van der Waals surface area contributed by atoms with E-state index in [1.165, 1.54) is 0 Å². The number of aromatic nitrogens is 2. The molecule has 0 spiro atoms. The molecule has 2 aromatic rings. The summed E-state index contributed by atoms with van der Waals surface area (Å²) in [6.45, 7) is 4.55. The lowest BCUT2D eigenvalue weighted by Gasteiger charge is -2.01. The van der Waals surface area contributed by atoms with Gasteiger partial charge in [0, 0.05) is 5.56 Å². The van der Waals surface area contributed by atoms with E-state index in [1.807, 2.05) is 24.6 Å². The fourth-order valence-electron chi connectivity index (χ4n) is 1.47. The highest BCUT2D eigenvalue weighted by molar-refractivity contribution is 9.10.